The van der Waals surface area contributed by atoms with E-state index in [9.17, 15) is 0 Å². The van der Waals surface area contributed by atoms with Gasteiger partial charge in [-0.15, -0.1) is 0 Å². The minimum absolute atomic E-state index is 0.550. The Hall–Kier alpha value is -3.67. The maximum Gasteiger partial charge on any atom is 0.223 e. The molecule has 2 heterocycles. The van der Waals surface area contributed by atoms with Gasteiger partial charge in [0, 0.05) is 17.3 Å². The molecule has 2 aromatic heterocycles. The Morgan fingerprint density at radius 3 is 2.64 bits per heavy atom. The number of aryl methyl sites for hydroxylation is 1. The van der Waals surface area contributed by atoms with Crippen molar-refractivity contribution in [2.24, 2.45) is 0 Å². The number of benzene rings is 2. The Bertz CT molecular complexity index is 1080. The van der Waals surface area contributed by atoms with Gasteiger partial charge in [-0.2, -0.15) is 5.10 Å². The second kappa shape index (κ2) is 7.92. The molecule has 28 heavy (non-hydrogen) atoms. The van der Waals surface area contributed by atoms with Crippen molar-refractivity contribution >= 4 is 5.95 Å². The van der Waals surface area contributed by atoms with Crippen molar-refractivity contribution in [2.45, 2.75) is 13.5 Å². The summed E-state index contributed by atoms with van der Waals surface area (Å²) in [4.78, 5) is 9.10. The van der Waals surface area contributed by atoms with Crippen molar-refractivity contribution in [3.05, 3.63) is 78.1 Å². The quantitative estimate of drug-likeness (QED) is 0.523. The Balaban J connectivity index is 1.53. The third-order valence-corrected chi connectivity index (χ3v) is 4.47. The molecule has 0 fully saturated rings. The van der Waals surface area contributed by atoms with Crippen molar-refractivity contribution in [1.29, 1.82) is 0 Å². The van der Waals surface area contributed by atoms with E-state index in [4.69, 9.17) is 9.72 Å². The van der Waals surface area contributed by atoms with Gasteiger partial charge in [0.1, 0.15) is 5.75 Å². The third kappa shape index (κ3) is 3.71. The monoisotopic (exact) mass is 371 g/mol. The van der Waals surface area contributed by atoms with Gasteiger partial charge in [-0.1, -0.05) is 42.5 Å². The number of nitrogens with zero attached hydrogens (tertiary/aromatic N) is 3. The predicted octanol–water partition coefficient (Wildman–Crippen LogP) is 4.46. The standard InChI is InChI=1S/C22H21N5O/c1-15-13-23-22(25-21(15)18-10-6-7-11-20(18)28-2)24-14-17-12-19(27-26-17)16-8-4-3-5-9-16/h3-13H,14H2,1-2H3,(H,26,27)(H,23,24,25). The van der Waals surface area contributed by atoms with E-state index in [0.29, 0.717) is 12.5 Å². The minimum Gasteiger partial charge on any atom is -0.496 e. The van der Waals surface area contributed by atoms with Crippen LogP contribution in [-0.2, 0) is 6.54 Å². The van der Waals surface area contributed by atoms with Crippen molar-refractivity contribution in [3.8, 4) is 28.3 Å². The van der Waals surface area contributed by atoms with E-state index >= 15 is 0 Å². The first-order valence-corrected chi connectivity index (χ1v) is 9.05. The van der Waals surface area contributed by atoms with Gasteiger partial charge >= 0.3 is 0 Å². The Kier molecular flexibility index (Phi) is 5.01. The number of nitrogens with one attached hydrogen (secondary N) is 2. The highest BCUT2D eigenvalue weighted by Crippen LogP contribution is 2.30. The van der Waals surface area contributed by atoms with Gasteiger partial charge in [0.2, 0.25) is 5.95 Å². The largest absolute Gasteiger partial charge is 0.496 e. The molecule has 4 rings (SSSR count). The van der Waals surface area contributed by atoms with E-state index in [2.05, 4.69) is 20.5 Å². The number of aromatic nitrogens is 4. The number of methoxy groups -OCH3 is 1. The molecule has 0 amide bonds. The molecule has 140 valence electrons. The summed E-state index contributed by atoms with van der Waals surface area (Å²) in [5.41, 5.74) is 5.74. The van der Waals surface area contributed by atoms with Crippen LogP contribution < -0.4 is 10.1 Å². The fourth-order valence-corrected chi connectivity index (χ4v) is 3.02. The highest BCUT2D eigenvalue weighted by molar-refractivity contribution is 5.70. The SMILES string of the molecule is COc1ccccc1-c1nc(NCc2cc(-c3ccccc3)n[nH]2)ncc1C. The van der Waals surface area contributed by atoms with Crippen LogP contribution in [0.25, 0.3) is 22.5 Å². The van der Waals surface area contributed by atoms with E-state index in [1.54, 1.807) is 7.11 Å². The zero-order chi connectivity index (χ0) is 19.3. The van der Waals surface area contributed by atoms with Crippen LogP contribution in [0.4, 0.5) is 5.95 Å². The van der Waals surface area contributed by atoms with Crippen LogP contribution in [0.3, 0.4) is 0 Å². The molecule has 2 N–H and O–H groups in total. The first-order chi connectivity index (χ1) is 13.7. The molecule has 0 atom stereocenters. The lowest BCUT2D eigenvalue weighted by molar-refractivity contribution is 0.416. The Morgan fingerprint density at radius 2 is 1.82 bits per heavy atom. The van der Waals surface area contributed by atoms with Crippen LogP contribution in [0.5, 0.6) is 5.75 Å². The summed E-state index contributed by atoms with van der Waals surface area (Å²) in [6.45, 7) is 2.54. The van der Waals surface area contributed by atoms with Gasteiger partial charge in [-0.3, -0.25) is 5.10 Å². The number of hydrogen-bond acceptors (Lipinski definition) is 5. The maximum absolute atomic E-state index is 5.47. The molecule has 0 saturated carbocycles. The summed E-state index contributed by atoms with van der Waals surface area (Å²) in [6.07, 6.45) is 1.82. The highest BCUT2D eigenvalue weighted by Gasteiger charge is 2.11. The van der Waals surface area contributed by atoms with Gasteiger partial charge in [-0.25, -0.2) is 9.97 Å². The van der Waals surface area contributed by atoms with Gasteiger partial charge in [0.15, 0.2) is 0 Å². The van der Waals surface area contributed by atoms with Gasteiger partial charge in [-0.05, 0) is 30.7 Å². The molecule has 2 aromatic carbocycles. The second-order valence-electron chi connectivity index (χ2n) is 6.42. The average Bonchev–Trinajstić information content (AvgIpc) is 3.23. The number of H-pyrrole nitrogens is 1. The van der Waals surface area contributed by atoms with E-state index in [1.807, 2.05) is 73.8 Å². The second-order valence-corrected chi connectivity index (χ2v) is 6.42. The maximum atomic E-state index is 5.47. The predicted molar refractivity (Wildman–Crippen MR) is 110 cm³/mol. The molecule has 6 nitrogen and oxygen atoms in total. The normalized spacial score (nSPS) is 10.6. The first-order valence-electron chi connectivity index (χ1n) is 9.05. The summed E-state index contributed by atoms with van der Waals surface area (Å²) in [7, 11) is 1.66. The minimum atomic E-state index is 0.550. The topological polar surface area (TPSA) is 75.7 Å². The number of para-hydroxylation sites is 1. The fourth-order valence-electron chi connectivity index (χ4n) is 3.02. The number of hydrogen-bond donors (Lipinski definition) is 2. The number of ether oxygens (including phenoxy) is 1. The molecule has 0 aliphatic heterocycles. The number of rotatable bonds is 6. The summed E-state index contributed by atoms with van der Waals surface area (Å²) in [6, 6.07) is 19.9. The van der Waals surface area contributed by atoms with E-state index in [1.165, 1.54) is 0 Å². The average molecular weight is 371 g/mol. The Labute approximate surface area is 163 Å². The third-order valence-electron chi connectivity index (χ3n) is 4.47. The van der Waals surface area contributed by atoms with Crippen LogP contribution in [0, 0.1) is 6.92 Å². The smallest absolute Gasteiger partial charge is 0.223 e. The van der Waals surface area contributed by atoms with Gasteiger partial charge < -0.3 is 10.1 Å². The lowest BCUT2D eigenvalue weighted by Crippen LogP contribution is -2.05. The summed E-state index contributed by atoms with van der Waals surface area (Å²) in [5, 5.41) is 10.7. The van der Waals surface area contributed by atoms with Gasteiger partial charge in [0.25, 0.3) is 0 Å². The summed E-state index contributed by atoms with van der Waals surface area (Å²) < 4.78 is 5.47. The molecular formula is C22H21N5O. The molecule has 4 aromatic rings. The molecule has 6 heteroatoms. The van der Waals surface area contributed by atoms with Crippen molar-refractivity contribution in [1.82, 2.24) is 20.2 Å². The van der Waals surface area contributed by atoms with E-state index in [0.717, 1.165) is 39.5 Å². The number of aromatic amines is 1. The number of anilines is 1. The van der Waals surface area contributed by atoms with E-state index < -0.39 is 0 Å². The van der Waals surface area contributed by atoms with Crippen LogP contribution in [0.1, 0.15) is 11.3 Å². The molecular weight excluding hydrogens is 350 g/mol. The molecule has 0 saturated heterocycles. The lowest BCUT2D eigenvalue weighted by Gasteiger charge is -2.11. The first kappa shape index (κ1) is 17.7. The zero-order valence-corrected chi connectivity index (χ0v) is 15.8. The van der Waals surface area contributed by atoms with Crippen LogP contribution in [0.2, 0.25) is 0 Å². The van der Waals surface area contributed by atoms with Crippen molar-refractivity contribution in [3.63, 3.8) is 0 Å². The van der Waals surface area contributed by atoms with Crippen LogP contribution >= 0.6 is 0 Å². The molecule has 0 aliphatic rings. The van der Waals surface area contributed by atoms with Crippen molar-refractivity contribution in [2.75, 3.05) is 12.4 Å². The zero-order valence-electron chi connectivity index (χ0n) is 15.8. The highest BCUT2D eigenvalue weighted by atomic mass is 16.5. The van der Waals surface area contributed by atoms with Crippen LogP contribution in [-0.4, -0.2) is 27.3 Å². The molecule has 0 unspecified atom stereocenters. The van der Waals surface area contributed by atoms with Gasteiger partial charge in [0.05, 0.1) is 30.7 Å². The molecule has 0 spiro atoms. The van der Waals surface area contributed by atoms with E-state index in [-0.39, 0.29) is 0 Å². The van der Waals surface area contributed by atoms with Crippen LogP contribution in [0.15, 0.2) is 66.9 Å². The lowest BCUT2D eigenvalue weighted by atomic mass is 10.1. The molecule has 0 bridgehead atoms. The fraction of sp³-hybridized carbons (Fsp3) is 0.136. The van der Waals surface area contributed by atoms with Crippen molar-refractivity contribution < 1.29 is 4.74 Å². The summed E-state index contributed by atoms with van der Waals surface area (Å²) in [5.74, 6) is 1.35. The Morgan fingerprint density at radius 1 is 1.04 bits per heavy atom. The summed E-state index contributed by atoms with van der Waals surface area (Å²) >= 11 is 0. The molecule has 0 radical (unpaired) electrons. The molecule has 0 aliphatic carbocycles.